The van der Waals surface area contributed by atoms with Gasteiger partial charge in [0.1, 0.15) is 18.4 Å². The minimum Gasteiger partial charge on any atom is -0.458 e. The van der Waals surface area contributed by atoms with Crippen LogP contribution in [-0.4, -0.2) is 78.6 Å². The lowest BCUT2D eigenvalue weighted by Gasteiger charge is -2.33. The fourth-order valence-electron chi connectivity index (χ4n) is 4.07. The third kappa shape index (κ3) is 8.64. The van der Waals surface area contributed by atoms with Gasteiger partial charge in [-0.2, -0.15) is 0 Å². The Morgan fingerprint density at radius 3 is 2.43 bits per heavy atom. The van der Waals surface area contributed by atoms with Gasteiger partial charge < -0.3 is 41.3 Å². The SMILES string of the molecule is C=C(/C=C\C(C)=N\C(=C)c1cc2c(c(=O)n1N(C)C)COC(=O)[C@]2(O)CC)OC(=O)NCCNC(=O)[C@H](C)NC(=O)[C@H](C)N. The highest BCUT2D eigenvalue weighted by Crippen LogP contribution is 2.34. The zero-order valence-electron chi connectivity index (χ0n) is 25.9. The molecular weight excluding hydrogens is 574 g/mol. The molecule has 0 saturated heterocycles. The van der Waals surface area contributed by atoms with Crippen LogP contribution in [-0.2, 0) is 36.1 Å². The molecule has 2 heterocycles. The second-order valence-corrected chi connectivity index (χ2v) is 10.3. The number of pyridine rings is 1. The van der Waals surface area contributed by atoms with Gasteiger partial charge >= 0.3 is 12.1 Å². The highest BCUT2D eigenvalue weighted by molar-refractivity contribution is 5.96. The molecule has 44 heavy (non-hydrogen) atoms. The molecule has 1 aliphatic heterocycles. The van der Waals surface area contributed by atoms with Crippen LogP contribution in [0, 0.1) is 0 Å². The van der Waals surface area contributed by atoms with Gasteiger partial charge in [-0.25, -0.2) is 14.3 Å². The summed E-state index contributed by atoms with van der Waals surface area (Å²) in [5.41, 5.74) is 4.13. The second-order valence-electron chi connectivity index (χ2n) is 10.3. The van der Waals surface area contributed by atoms with Crippen molar-refractivity contribution in [2.24, 2.45) is 10.7 Å². The van der Waals surface area contributed by atoms with Crippen LogP contribution in [0.4, 0.5) is 4.79 Å². The molecule has 0 spiro atoms. The molecule has 0 bridgehead atoms. The summed E-state index contributed by atoms with van der Waals surface area (Å²) in [5, 5.41) is 20.0. The molecule has 0 unspecified atom stereocenters. The normalized spacial score (nSPS) is 17.5. The molecule has 2 rings (SSSR count). The molecular formula is C29H41N7O8. The number of fused-ring (bicyclic) bond motifs is 1. The molecule has 1 aliphatic rings. The number of alkyl carbamates (subject to hydrolysis) is 1. The van der Waals surface area contributed by atoms with Crippen molar-refractivity contribution in [2.75, 3.05) is 32.2 Å². The number of esters is 1. The molecule has 0 fully saturated rings. The van der Waals surface area contributed by atoms with Gasteiger partial charge in [0.25, 0.3) is 5.56 Å². The predicted octanol–water partition coefficient (Wildman–Crippen LogP) is -0.104. The first-order chi connectivity index (χ1) is 20.5. The fraction of sp³-hybridized carbons (Fsp3) is 0.448. The summed E-state index contributed by atoms with van der Waals surface area (Å²) in [7, 11) is 3.29. The van der Waals surface area contributed by atoms with Gasteiger partial charge in [0.15, 0.2) is 5.60 Å². The number of hydrogen-bond donors (Lipinski definition) is 5. The molecule has 240 valence electrons. The summed E-state index contributed by atoms with van der Waals surface area (Å²) in [6.07, 6.45) is 2.10. The van der Waals surface area contributed by atoms with E-state index in [9.17, 15) is 29.1 Å². The highest BCUT2D eigenvalue weighted by Gasteiger charge is 2.45. The van der Waals surface area contributed by atoms with Crippen molar-refractivity contribution in [1.82, 2.24) is 20.6 Å². The summed E-state index contributed by atoms with van der Waals surface area (Å²) in [4.78, 5) is 65.8. The van der Waals surface area contributed by atoms with Crippen molar-refractivity contribution >= 4 is 35.3 Å². The second kappa shape index (κ2) is 15.1. The molecule has 0 aromatic carbocycles. The molecule has 1 aromatic rings. The summed E-state index contributed by atoms with van der Waals surface area (Å²) >= 11 is 0. The first-order valence-electron chi connectivity index (χ1n) is 13.8. The van der Waals surface area contributed by atoms with E-state index in [0.717, 1.165) is 0 Å². The molecule has 15 nitrogen and oxygen atoms in total. The average Bonchev–Trinajstić information content (AvgIpc) is 2.95. The van der Waals surface area contributed by atoms with Gasteiger partial charge in [0.2, 0.25) is 11.8 Å². The van der Waals surface area contributed by atoms with Gasteiger partial charge in [-0.1, -0.05) is 20.1 Å². The van der Waals surface area contributed by atoms with E-state index in [2.05, 4.69) is 34.1 Å². The van der Waals surface area contributed by atoms with Crippen LogP contribution in [0.25, 0.3) is 5.70 Å². The molecule has 0 radical (unpaired) electrons. The monoisotopic (exact) mass is 615 g/mol. The quantitative estimate of drug-likeness (QED) is 0.0654. The third-order valence-corrected chi connectivity index (χ3v) is 6.53. The number of nitrogens with two attached hydrogens (primary N) is 1. The van der Waals surface area contributed by atoms with Gasteiger partial charge in [0, 0.05) is 38.5 Å². The summed E-state index contributed by atoms with van der Waals surface area (Å²) < 4.78 is 11.5. The molecule has 3 amide bonds. The minimum absolute atomic E-state index is 0.000986. The van der Waals surface area contributed by atoms with E-state index in [4.69, 9.17) is 15.2 Å². The number of aliphatic hydroxyl groups is 1. The number of aromatic nitrogens is 1. The average molecular weight is 616 g/mol. The Bertz CT molecular complexity index is 1440. The standard InChI is InChI=1S/C29H41N7O8/c1-9-29(42)22-14-23(36(35(7)8)26(39)21(22)15-43-27(29)40)19(5)33-16(2)10-11-17(3)44-28(41)32-13-12-31-25(38)20(6)34-24(37)18(4)30/h10-11,14,18,20,42H,3,5,9,12-13,15,30H2,1-2,4,6-8H3,(H,31,38)(H,32,41)(H,34,37)/b11-10-,33-16+/t18-,20-,29-/m0/s1. The van der Waals surface area contributed by atoms with Crippen molar-refractivity contribution < 1.29 is 33.8 Å². The largest absolute Gasteiger partial charge is 0.458 e. The first-order valence-corrected chi connectivity index (χ1v) is 13.8. The number of cyclic esters (lactones) is 1. The predicted molar refractivity (Wildman–Crippen MR) is 164 cm³/mol. The van der Waals surface area contributed by atoms with Crippen molar-refractivity contribution in [2.45, 2.75) is 58.4 Å². The number of nitrogens with one attached hydrogen (secondary N) is 3. The number of carbonyl (C=O) groups excluding carboxylic acids is 4. The van der Waals surface area contributed by atoms with Crippen molar-refractivity contribution in [3.8, 4) is 0 Å². The number of rotatable bonds is 13. The van der Waals surface area contributed by atoms with E-state index in [0.29, 0.717) is 5.71 Å². The van der Waals surface area contributed by atoms with E-state index < -0.39 is 47.1 Å². The lowest BCUT2D eigenvalue weighted by Crippen LogP contribution is -2.50. The maximum atomic E-state index is 13.3. The topological polar surface area (TPSA) is 207 Å². The van der Waals surface area contributed by atoms with Crippen LogP contribution in [0.2, 0.25) is 0 Å². The molecule has 15 heteroatoms. The Hall–Kier alpha value is -4.76. The van der Waals surface area contributed by atoms with Gasteiger partial charge in [-0.3, -0.25) is 19.4 Å². The number of aliphatic imine (C=N–C) groups is 1. The van der Waals surface area contributed by atoms with Gasteiger partial charge in [-0.05, 0) is 45.4 Å². The number of allylic oxidation sites excluding steroid dienone is 2. The Morgan fingerprint density at radius 1 is 1.20 bits per heavy atom. The maximum Gasteiger partial charge on any atom is 0.412 e. The molecule has 0 saturated carbocycles. The minimum atomic E-state index is -1.98. The van der Waals surface area contributed by atoms with Crippen LogP contribution in [0.15, 0.2) is 46.9 Å². The zero-order chi connectivity index (χ0) is 33.4. The lowest BCUT2D eigenvalue weighted by atomic mass is 9.86. The van der Waals surface area contributed by atoms with Crippen LogP contribution >= 0.6 is 0 Å². The molecule has 0 aliphatic carbocycles. The fourth-order valence-corrected chi connectivity index (χ4v) is 4.07. The summed E-state index contributed by atoms with van der Waals surface area (Å²) in [6.45, 7) is 13.8. The van der Waals surface area contributed by atoms with E-state index >= 15 is 0 Å². The van der Waals surface area contributed by atoms with E-state index in [1.807, 2.05) is 0 Å². The van der Waals surface area contributed by atoms with Crippen LogP contribution in [0.3, 0.4) is 0 Å². The number of hydrogen-bond acceptors (Lipinski definition) is 11. The first kappa shape index (κ1) is 35.4. The summed E-state index contributed by atoms with van der Waals surface area (Å²) in [6, 6.07) is -0.0381. The van der Waals surface area contributed by atoms with Crippen molar-refractivity contribution in [3.05, 3.63) is 64.3 Å². The van der Waals surface area contributed by atoms with Gasteiger partial charge in [0.05, 0.1) is 23.0 Å². The van der Waals surface area contributed by atoms with Crippen molar-refractivity contribution in [3.63, 3.8) is 0 Å². The van der Waals surface area contributed by atoms with Crippen molar-refractivity contribution in [1.29, 1.82) is 0 Å². The number of ether oxygens (including phenoxy) is 2. The zero-order valence-corrected chi connectivity index (χ0v) is 25.9. The Kier molecular flexibility index (Phi) is 12.2. The van der Waals surface area contributed by atoms with E-state index in [-0.39, 0.29) is 54.4 Å². The van der Waals surface area contributed by atoms with Crippen LogP contribution in [0.5, 0.6) is 0 Å². The molecule has 3 atom stereocenters. The molecule has 6 N–H and O–H groups in total. The third-order valence-electron chi connectivity index (χ3n) is 6.53. The van der Waals surface area contributed by atoms with Gasteiger partial charge in [-0.15, -0.1) is 0 Å². The maximum absolute atomic E-state index is 13.3. The number of carbonyl (C=O) groups is 4. The van der Waals surface area contributed by atoms with E-state index in [1.165, 1.54) is 41.8 Å². The Balaban J connectivity index is 2.02. The van der Waals surface area contributed by atoms with E-state index in [1.54, 1.807) is 27.9 Å². The Labute approximate surface area is 255 Å². The van der Waals surface area contributed by atoms with Crippen LogP contribution in [0.1, 0.15) is 50.9 Å². The Morgan fingerprint density at radius 2 is 1.84 bits per heavy atom. The molecule has 1 aromatic heterocycles. The smallest absolute Gasteiger partial charge is 0.412 e. The van der Waals surface area contributed by atoms with Crippen LogP contribution < -0.4 is 32.3 Å². The number of nitrogens with zero attached hydrogens (tertiary/aromatic N) is 3. The highest BCUT2D eigenvalue weighted by atomic mass is 16.6. The lowest BCUT2D eigenvalue weighted by molar-refractivity contribution is -0.172. The summed E-state index contributed by atoms with van der Waals surface area (Å²) in [5.74, 6) is -1.75. The number of amides is 3.